The molecule has 1 aromatic rings. The van der Waals surface area contributed by atoms with Crippen molar-refractivity contribution < 1.29 is 9.53 Å². The van der Waals surface area contributed by atoms with Gasteiger partial charge in [-0.15, -0.1) is 11.6 Å². The number of hydrogen-bond acceptors (Lipinski definition) is 2. The first-order chi connectivity index (χ1) is 8.69. The van der Waals surface area contributed by atoms with Gasteiger partial charge < -0.3 is 10.1 Å². The Balaban J connectivity index is 2.44. The lowest BCUT2D eigenvalue weighted by molar-refractivity contribution is 0.0953. The van der Waals surface area contributed by atoms with Gasteiger partial charge in [0.2, 0.25) is 0 Å². The summed E-state index contributed by atoms with van der Waals surface area (Å²) >= 11 is 8.94. The van der Waals surface area contributed by atoms with E-state index in [9.17, 15) is 4.79 Å². The molecule has 0 radical (unpaired) electrons. The van der Waals surface area contributed by atoms with E-state index in [1.54, 1.807) is 25.3 Å². The highest BCUT2D eigenvalue weighted by molar-refractivity contribution is 9.10. The molecule has 0 bridgehead atoms. The third kappa shape index (κ3) is 4.86. The normalized spacial score (nSPS) is 10.2. The van der Waals surface area contributed by atoms with Crippen LogP contribution in [0.5, 0.6) is 5.75 Å². The van der Waals surface area contributed by atoms with Crippen LogP contribution in [0.2, 0.25) is 0 Å². The van der Waals surface area contributed by atoms with Crippen molar-refractivity contribution in [3.05, 3.63) is 28.2 Å². The fourth-order valence-electron chi connectivity index (χ4n) is 1.51. The van der Waals surface area contributed by atoms with Gasteiger partial charge in [0.25, 0.3) is 5.91 Å². The van der Waals surface area contributed by atoms with Crippen LogP contribution < -0.4 is 10.1 Å². The third-order valence-electron chi connectivity index (χ3n) is 2.51. The molecule has 1 amide bonds. The predicted molar refractivity (Wildman–Crippen MR) is 77.6 cm³/mol. The van der Waals surface area contributed by atoms with Crippen LogP contribution in [0.15, 0.2) is 22.7 Å². The molecule has 0 aliphatic rings. The molecule has 0 aliphatic carbocycles. The molecule has 1 rings (SSSR count). The standard InChI is InChI=1S/C13H17BrClNO2/c1-18-12-6-5-10(9-11(12)14)13(17)16-8-4-2-3-7-15/h5-6,9H,2-4,7-8H2,1H3,(H,16,17). The summed E-state index contributed by atoms with van der Waals surface area (Å²) in [5, 5.41) is 2.88. The predicted octanol–water partition coefficient (Wildman–Crippen LogP) is 3.60. The highest BCUT2D eigenvalue weighted by Crippen LogP contribution is 2.25. The maximum Gasteiger partial charge on any atom is 0.251 e. The Hall–Kier alpha value is -0.740. The van der Waals surface area contributed by atoms with E-state index in [0.29, 0.717) is 23.7 Å². The molecular formula is C13H17BrClNO2. The number of alkyl halides is 1. The summed E-state index contributed by atoms with van der Waals surface area (Å²) in [6.07, 6.45) is 2.98. The van der Waals surface area contributed by atoms with Gasteiger partial charge in [0, 0.05) is 18.0 Å². The van der Waals surface area contributed by atoms with Gasteiger partial charge in [-0.3, -0.25) is 4.79 Å². The molecule has 0 heterocycles. The smallest absolute Gasteiger partial charge is 0.251 e. The fraction of sp³-hybridized carbons (Fsp3) is 0.462. The van der Waals surface area contributed by atoms with Crippen LogP contribution >= 0.6 is 27.5 Å². The molecule has 5 heteroatoms. The van der Waals surface area contributed by atoms with Crippen LogP contribution in [0.4, 0.5) is 0 Å². The zero-order valence-electron chi connectivity index (χ0n) is 10.3. The number of benzene rings is 1. The van der Waals surface area contributed by atoms with Crippen LogP contribution in [0.25, 0.3) is 0 Å². The van der Waals surface area contributed by atoms with E-state index < -0.39 is 0 Å². The maximum absolute atomic E-state index is 11.8. The lowest BCUT2D eigenvalue weighted by Crippen LogP contribution is -2.24. The van der Waals surface area contributed by atoms with Crippen LogP contribution in [-0.2, 0) is 0 Å². The average molecular weight is 335 g/mol. The first-order valence-corrected chi connectivity index (χ1v) is 7.19. The third-order valence-corrected chi connectivity index (χ3v) is 3.40. The molecule has 0 spiro atoms. The summed E-state index contributed by atoms with van der Waals surface area (Å²) < 4.78 is 5.89. The highest BCUT2D eigenvalue weighted by Gasteiger charge is 2.07. The van der Waals surface area contributed by atoms with Gasteiger partial charge in [0.15, 0.2) is 0 Å². The molecular weight excluding hydrogens is 318 g/mol. The summed E-state index contributed by atoms with van der Waals surface area (Å²) in [5.74, 6) is 1.33. The van der Waals surface area contributed by atoms with Crippen molar-refractivity contribution in [3.8, 4) is 5.75 Å². The van der Waals surface area contributed by atoms with Gasteiger partial charge in [-0.1, -0.05) is 6.42 Å². The van der Waals surface area contributed by atoms with E-state index in [1.165, 1.54) is 0 Å². The topological polar surface area (TPSA) is 38.3 Å². The van der Waals surface area contributed by atoms with Crippen LogP contribution in [0, 0.1) is 0 Å². The Bertz CT molecular complexity index is 399. The first kappa shape index (κ1) is 15.3. The van der Waals surface area contributed by atoms with E-state index in [-0.39, 0.29) is 5.91 Å². The number of ether oxygens (including phenoxy) is 1. The van der Waals surface area contributed by atoms with E-state index in [1.807, 2.05) is 0 Å². The number of methoxy groups -OCH3 is 1. The Morgan fingerprint density at radius 1 is 1.39 bits per heavy atom. The summed E-state index contributed by atoms with van der Waals surface area (Å²) in [6.45, 7) is 0.680. The SMILES string of the molecule is COc1ccc(C(=O)NCCCCCCl)cc1Br. The van der Waals surface area contributed by atoms with E-state index in [4.69, 9.17) is 16.3 Å². The monoisotopic (exact) mass is 333 g/mol. The van der Waals surface area contributed by atoms with Gasteiger partial charge in [0.05, 0.1) is 11.6 Å². The largest absolute Gasteiger partial charge is 0.496 e. The second-order valence-corrected chi connectivity index (χ2v) is 5.09. The summed E-state index contributed by atoms with van der Waals surface area (Å²) in [6, 6.07) is 5.27. The number of hydrogen-bond donors (Lipinski definition) is 1. The number of amides is 1. The van der Waals surface area contributed by atoms with Gasteiger partial charge in [0.1, 0.15) is 5.75 Å². The summed E-state index contributed by atoms with van der Waals surface area (Å²) in [7, 11) is 1.59. The van der Waals surface area contributed by atoms with Crippen molar-refractivity contribution in [2.75, 3.05) is 19.5 Å². The fourth-order valence-corrected chi connectivity index (χ4v) is 2.24. The Labute approximate surface area is 121 Å². The van der Waals surface area contributed by atoms with E-state index in [0.717, 1.165) is 23.7 Å². The maximum atomic E-state index is 11.8. The molecule has 0 aliphatic heterocycles. The Morgan fingerprint density at radius 2 is 2.17 bits per heavy atom. The summed E-state index contributed by atoms with van der Waals surface area (Å²) in [5.41, 5.74) is 0.625. The number of nitrogens with one attached hydrogen (secondary N) is 1. The lowest BCUT2D eigenvalue weighted by atomic mass is 10.2. The van der Waals surface area contributed by atoms with Gasteiger partial charge >= 0.3 is 0 Å². The Morgan fingerprint density at radius 3 is 2.78 bits per heavy atom. The molecule has 100 valence electrons. The van der Waals surface area contributed by atoms with Crippen LogP contribution in [0.1, 0.15) is 29.6 Å². The van der Waals surface area contributed by atoms with Crippen LogP contribution in [-0.4, -0.2) is 25.4 Å². The van der Waals surface area contributed by atoms with Crippen molar-refractivity contribution in [1.29, 1.82) is 0 Å². The molecule has 1 aromatic carbocycles. The second kappa shape index (κ2) is 8.38. The van der Waals surface area contributed by atoms with Crippen molar-refractivity contribution >= 4 is 33.4 Å². The number of carbonyl (C=O) groups is 1. The minimum absolute atomic E-state index is 0.0655. The summed E-state index contributed by atoms with van der Waals surface area (Å²) in [4.78, 5) is 11.8. The second-order valence-electron chi connectivity index (χ2n) is 3.85. The highest BCUT2D eigenvalue weighted by atomic mass is 79.9. The quantitative estimate of drug-likeness (QED) is 0.611. The zero-order valence-corrected chi connectivity index (χ0v) is 12.7. The van der Waals surface area contributed by atoms with Crippen molar-refractivity contribution in [1.82, 2.24) is 5.32 Å². The van der Waals surface area contributed by atoms with E-state index in [2.05, 4.69) is 21.2 Å². The van der Waals surface area contributed by atoms with E-state index >= 15 is 0 Å². The first-order valence-electron chi connectivity index (χ1n) is 5.86. The minimum Gasteiger partial charge on any atom is -0.496 e. The molecule has 0 atom stereocenters. The molecule has 0 aromatic heterocycles. The number of halogens is 2. The van der Waals surface area contributed by atoms with Gasteiger partial charge in [-0.05, 0) is 47.0 Å². The minimum atomic E-state index is -0.0655. The lowest BCUT2D eigenvalue weighted by Gasteiger charge is -2.07. The molecule has 0 fully saturated rings. The van der Waals surface area contributed by atoms with Crippen molar-refractivity contribution in [3.63, 3.8) is 0 Å². The number of carbonyl (C=O) groups excluding carboxylic acids is 1. The molecule has 1 N–H and O–H groups in total. The molecule has 0 saturated carbocycles. The zero-order chi connectivity index (χ0) is 13.4. The van der Waals surface area contributed by atoms with Gasteiger partial charge in [-0.2, -0.15) is 0 Å². The Kier molecular flexibility index (Phi) is 7.13. The van der Waals surface area contributed by atoms with Crippen LogP contribution in [0.3, 0.4) is 0 Å². The van der Waals surface area contributed by atoms with Crippen molar-refractivity contribution in [2.24, 2.45) is 0 Å². The number of rotatable bonds is 7. The average Bonchev–Trinajstić information content (AvgIpc) is 2.38. The molecule has 0 unspecified atom stereocenters. The van der Waals surface area contributed by atoms with Gasteiger partial charge in [-0.25, -0.2) is 0 Å². The van der Waals surface area contributed by atoms with Crippen molar-refractivity contribution in [2.45, 2.75) is 19.3 Å². The molecule has 0 saturated heterocycles. The molecule has 3 nitrogen and oxygen atoms in total. The number of unbranched alkanes of at least 4 members (excludes halogenated alkanes) is 2. The molecule has 18 heavy (non-hydrogen) atoms.